The van der Waals surface area contributed by atoms with Crippen LogP contribution in [-0.4, -0.2) is 51.9 Å². The Morgan fingerprint density at radius 3 is 2.09 bits per heavy atom. The molecule has 9 nitrogen and oxygen atoms in total. The number of fused-ring (bicyclic) bond motifs is 3. The van der Waals surface area contributed by atoms with E-state index in [4.69, 9.17) is 28.4 Å². The van der Waals surface area contributed by atoms with Gasteiger partial charge in [-0.15, -0.1) is 0 Å². The van der Waals surface area contributed by atoms with Gasteiger partial charge in [-0.1, -0.05) is 6.07 Å². The molecule has 2 heterocycles. The van der Waals surface area contributed by atoms with E-state index in [2.05, 4.69) is 0 Å². The van der Waals surface area contributed by atoms with Crippen molar-refractivity contribution in [1.29, 1.82) is 0 Å². The monoisotopic (exact) mass is 443 g/mol. The molecule has 0 N–H and O–H groups in total. The van der Waals surface area contributed by atoms with Gasteiger partial charge in [-0.3, -0.25) is 9.69 Å². The van der Waals surface area contributed by atoms with Crippen LogP contribution in [0.2, 0.25) is 0 Å². The number of carbonyl (C=O) groups excluding carboxylic acids is 2. The molecule has 2 aromatic carbocycles. The zero-order valence-electron chi connectivity index (χ0n) is 18.5. The van der Waals surface area contributed by atoms with Crippen molar-refractivity contribution in [3.63, 3.8) is 0 Å². The van der Waals surface area contributed by atoms with E-state index in [1.807, 2.05) is 6.07 Å². The molecule has 2 aromatic rings. The Hall–Kier alpha value is -3.62. The third-order valence-electron chi connectivity index (χ3n) is 5.75. The fourth-order valence-corrected chi connectivity index (χ4v) is 4.34. The lowest BCUT2D eigenvalue weighted by molar-refractivity contribution is -0.148. The van der Waals surface area contributed by atoms with Crippen molar-refractivity contribution < 1.29 is 38.0 Å². The molecule has 2 aliphatic heterocycles. The van der Waals surface area contributed by atoms with Crippen LogP contribution < -0.4 is 18.9 Å². The summed E-state index contributed by atoms with van der Waals surface area (Å²) in [5.74, 6) is 1.66. The van der Waals surface area contributed by atoms with Gasteiger partial charge in [0.1, 0.15) is 12.1 Å². The summed E-state index contributed by atoms with van der Waals surface area (Å²) in [6.07, 6.45) is -1.76. The highest BCUT2D eigenvalue weighted by molar-refractivity contribution is 5.74. The minimum absolute atomic E-state index is 0.162. The van der Waals surface area contributed by atoms with Gasteiger partial charge in [-0.2, -0.15) is 0 Å². The molecule has 1 fully saturated rings. The Labute approximate surface area is 185 Å². The van der Waals surface area contributed by atoms with Crippen molar-refractivity contribution in [1.82, 2.24) is 4.90 Å². The fourth-order valence-electron chi connectivity index (χ4n) is 4.34. The quantitative estimate of drug-likeness (QED) is 0.626. The second-order valence-corrected chi connectivity index (χ2v) is 7.45. The lowest BCUT2D eigenvalue weighted by atomic mass is 9.86. The van der Waals surface area contributed by atoms with Crippen LogP contribution in [0.4, 0.5) is 4.79 Å². The predicted octanol–water partition coefficient (Wildman–Crippen LogP) is 3.57. The number of cyclic esters (lactones) is 1. The Bertz CT molecular complexity index is 1050. The van der Waals surface area contributed by atoms with Crippen LogP contribution in [0.1, 0.15) is 41.9 Å². The SMILES string of the molecule is COc1ccc(C2OC(=O)N3CC(OC(C)=O)c4cc(OC)c(OC)cc4C23)cc1OC. The van der Waals surface area contributed by atoms with Crippen molar-refractivity contribution in [2.75, 3.05) is 35.0 Å². The molecule has 3 unspecified atom stereocenters. The van der Waals surface area contributed by atoms with Crippen molar-refractivity contribution in [2.45, 2.75) is 25.2 Å². The molecule has 2 aliphatic rings. The molecular formula is C23H25NO8. The number of amides is 1. The second kappa shape index (κ2) is 8.49. The van der Waals surface area contributed by atoms with Crippen LogP contribution in [0.5, 0.6) is 23.0 Å². The Kier molecular flexibility index (Phi) is 5.73. The highest BCUT2D eigenvalue weighted by atomic mass is 16.6. The van der Waals surface area contributed by atoms with Crippen molar-refractivity contribution in [3.05, 3.63) is 47.0 Å². The number of ether oxygens (including phenoxy) is 6. The summed E-state index contributed by atoms with van der Waals surface area (Å²) in [5.41, 5.74) is 2.24. The first-order valence-corrected chi connectivity index (χ1v) is 10.0. The first-order valence-electron chi connectivity index (χ1n) is 10.0. The maximum atomic E-state index is 12.8. The molecule has 9 heteroatoms. The second-order valence-electron chi connectivity index (χ2n) is 7.45. The summed E-state index contributed by atoms with van der Waals surface area (Å²) in [4.78, 5) is 26.2. The minimum atomic E-state index is -0.657. The molecule has 0 aliphatic carbocycles. The van der Waals surface area contributed by atoms with Crippen molar-refractivity contribution in [2.24, 2.45) is 0 Å². The number of benzene rings is 2. The number of esters is 1. The third kappa shape index (κ3) is 3.53. The van der Waals surface area contributed by atoms with Gasteiger partial charge in [-0.25, -0.2) is 4.79 Å². The number of hydrogen-bond donors (Lipinski definition) is 0. The van der Waals surface area contributed by atoms with Crippen LogP contribution in [-0.2, 0) is 14.3 Å². The van der Waals surface area contributed by atoms with Crippen LogP contribution >= 0.6 is 0 Å². The summed E-state index contributed by atoms with van der Waals surface area (Å²) in [6.45, 7) is 1.50. The summed E-state index contributed by atoms with van der Waals surface area (Å²) in [7, 11) is 6.18. The van der Waals surface area contributed by atoms with Gasteiger partial charge >= 0.3 is 12.1 Å². The highest BCUT2D eigenvalue weighted by Gasteiger charge is 2.50. The maximum absolute atomic E-state index is 12.8. The van der Waals surface area contributed by atoms with E-state index < -0.39 is 30.3 Å². The molecule has 0 aromatic heterocycles. The largest absolute Gasteiger partial charge is 0.493 e. The van der Waals surface area contributed by atoms with Gasteiger partial charge in [0.05, 0.1) is 35.0 Å². The van der Waals surface area contributed by atoms with E-state index in [-0.39, 0.29) is 6.54 Å². The molecule has 1 saturated heterocycles. The number of rotatable bonds is 6. The summed E-state index contributed by atoms with van der Waals surface area (Å²) >= 11 is 0. The van der Waals surface area contributed by atoms with E-state index in [9.17, 15) is 9.59 Å². The van der Waals surface area contributed by atoms with Gasteiger partial charge in [0.2, 0.25) is 0 Å². The molecule has 1 amide bonds. The van der Waals surface area contributed by atoms with Crippen LogP contribution in [0.3, 0.4) is 0 Å². The molecule has 32 heavy (non-hydrogen) atoms. The Morgan fingerprint density at radius 2 is 1.50 bits per heavy atom. The molecule has 3 atom stereocenters. The van der Waals surface area contributed by atoms with E-state index in [1.54, 1.807) is 43.4 Å². The zero-order valence-corrected chi connectivity index (χ0v) is 18.5. The first-order chi connectivity index (χ1) is 15.4. The fraction of sp³-hybridized carbons (Fsp3) is 0.391. The molecule has 0 radical (unpaired) electrons. The average molecular weight is 443 g/mol. The van der Waals surface area contributed by atoms with Crippen LogP contribution in [0.25, 0.3) is 0 Å². The van der Waals surface area contributed by atoms with E-state index in [0.717, 1.165) is 16.7 Å². The molecule has 170 valence electrons. The lowest BCUT2D eigenvalue weighted by Gasteiger charge is -2.36. The Morgan fingerprint density at radius 1 is 0.906 bits per heavy atom. The Balaban J connectivity index is 1.85. The van der Waals surface area contributed by atoms with E-state index in [1.165, 1.54) is 21.1 Å². The van der Waals surface area contributed by atoms with Gasteiger partial charge in [-0.05, 0) is 35.4 Å². The molecule has 0 spiro atoms. The first kappa shape index (κ1) is 21.6. The average Bonchev–Trinajstić information content (AvgIpc) is 3.13. The summed E-state index contributed by atoms with van der Waals surface area (Å²) in [6, 6.07) is 8.53. The van der Waals surface area contributed by atoms with Crippen LogP contribution in [0, 0.1) is 0 Å². The smallest absolute Gasteiger partial charge is 0.411 e. The van der Waals surface area contributed by atoms with Crippen molar-refractivity contribution in [3.8, 4) is 23.0 Å². The molecule has 0 bridgehead atoms. The third-order valence-corrected chi connectivity index (χ3v) is 5.75. The number of carbonyl (C=O) groups is 2. The van der Waals surface area contributed by atoms with E-state index >= 15 is 0 Å². The normalized spacial score (nSPS) is 21.2. The summed E-state index contributed by atoms with van der Waals surface area (Å²) < 4.78 is 33.0. The molecular weight excluding hydrogens is 418 g/mol. The zero-order chi connectivity index (χ0) is 23.0. The maximum Gasteiger partial charge on any atom is 0.411 e. The van der Waals surface area contributed by atoms with E-state index in [0.29, 0.717) is 23.0 Å². The van der Waals surface area contributed by atoms with Gasteiger partial charge in [0.25, 0.3) is 0 Å². The molecule has 4 rings (SSSR count). The molecule has 0 saturated carbocycles. The van der Waals surface area contributed by atoms with Crippen LogP contribution in [0.15, 0.2) is 30.3 Å². The van der Waals surface area contributed by atoms with Crippen molar-refractivity contribution >= 4 is 12.1 Å². The van der Waals surface area contributed by atoms with Gasteiger partial charge < -0.3 is 28.4 Å². The minimum Gasteiger partial charge on any atom is -0.493 e. The number of nitrogens with zero attached hydrogens (tertiary/aromatic N) is 1. The van der Waals surface area contributed by atoms with Gasteiger partial charge in [0, 0.05) is 12.5 Å². The number of methoxy groups -OCH3 is 4. The standard InChI is InChI=1S/C23H25NO8/c1-12(25)31-20-11-24-21(15-10-19(30-5)18(29-4)9-14(15)20)22(32-23(24)26)13-6-7-16(27-2)17(8-13)28-3/h6-10,20-22H,11H2,1-5H3. The topological polar surface area (TPSA) is 92.8 Å². The summed E-state index contributed by atoms with van der Waals surface area (Å²) in [5, 5.41) is 0. The van der Waals surface area contributed by atoms with Gasteiger partial charge in [0.15, 0.2) is 29.1 Å². The highest BCUT2D eigenvalue weighted by Crippen LogP contribution is 2.52. The lowest BCUT2D eigenvalue weighted by Crippen LogP contribution is -2.38. The predicted molar refractivity (Wildman–Crippen MR) is 112 cm³/mol. The number of hydrogen-bond acceptors (Lipinski definition) is 8.